The summed E-state index contributed by atoms with van der Waals surface area (Å²) in [7, 11) is 1.57. The second kappa shape index (κ2) is 18.0. The topological polar surface area (TPSA) is 87.3 Å². The first-order valence-corrected chi connectivity index (χ1v) is 15.7. The molecule has 0 unspecified atom stereocenters. The summed E-state index contributed by atoms with van der Waals surface area (Å²) in [6.07, 6.45) is 3.26. The van der Waals surface area contributed by atoms with Crippen LogP contribution in [0.3, 0.4) is 0 Å². The average Bonchev–Trinajstić information content (AvgIpc) is 2.93. The van der Waals surface area contributed by atoms with Crippen molar-refractivity contribution in [3.05, 3.63) is 82.9 Å². The molecule has 3 amide bonds. The monoisotopic (exact) mass is 601 g/mol. The number of rotatable bonds is 9. The fraction of sp³-hybridized carbons (Fsp3) is 0.447. The lowest BCUT2D eigenvalue weighted by Crippen LogP contribution is -2.24. The molecule has 0 heterocycles. The summed E-state index contributed by atoms with van der Waals surface area (Å²) in [4.78, 5) is 36.4. The Morgan fingerprint density at radius 2 is 1.39 bits per heavy atom. The van der Waals surface area contributed by atoms with Crippen molar-refractivity contribution in [1.82, 2.24) is 5.32 Å². The molecule has 44 heavy (non-hydrogen) atoms. The van der Waals surface area contributed by atoms with Gasteiger partial charge in [0.2, 0.25) is 0 Å². The van der Waals surface area contributed by atoms with Crippen molar-refractivity contribution in [2.24, 2.45) is 11.3 Å². The molecule has 0 aliphatic carbocycles. The molecular weight excluding hydrogens is 546 g/mol. The third-order valence-electron chi connectivity index (χ3n) is 6.69. The van der Waals surface area contributed by atoms with Crippen molar-refractivity contribution < 1.29 is 14.4 Å². The number of urea groups is 1. The smallest absolute Gasteiger partial charge is 0.323 e. The minimum Gasteiger partial charge on any atom is -0.355 e. The van der Waals surface area contributed by atoms with Gasteiger partial charge in [-0.3, -0.25) is 9.59 Å². The fourth-order valence-corrected chi connectivity index (χ4v) is 5.02. The van der Waals surface area contributed by atoms with Gasteiger partial charge < -0.3 is 16.0 Å². The number of carbonyl (C=O) groups excluding carboxylic acids is 3. The molecule has 3 rings (SSSR count). The molecular formula is C38H55N3O3. The first-order chi connectivity index (χ1) is 20.6. The van der Waals surface area contributed by atoms with Gasteiger partial charge >= 0.3 is 6.03 Å². The van der Waals surface area contributed by atoms with E-state index in [1.54, 1.807) is 13.1 Å². The summed E-state index contributed by atoms with van der Waals surface area (Å²) in [6, 6.07) is 15.0. The van der Waals surface area contributed by atoms with Gasteiger partial charge in [0.25, 0.3) is 5.91 Å². The van der Waals surface area contributed by atoms with Gasteiger partial charge in [0.05, 0.1) is 11.3 Å². The Hall–Kier alpha value is -3.93. The molecule has 3 aromatic rings. The standard InChI is InChI=1S/C22H23N3O2.C14H26O.C2H6/c1-13-9-14(2)20(15(3)10-13)25-22(27)24-19-12-17-8-6-5-7-16(17)11-18(19)21(26)23-4;1-11(2)9-13(15)8-7-12(3)10-14(4,5)6;1-2/h5-12H,1-4H3,(H,23,26)(H2,24,25,27);11H,3,7-10H2,1-2,4-6H3;1-2H3. The van der Waals surface area contributed by atoms with E-state index in [1.165, 1.54) is 5.57 Å². The van der Waals surface area contributed by atoms with E-state index in [1.807, 2.05) is 77.1 Å². The highest BCUT2D eigenvalue weighted by molar-refractivity contribution is 6.09. The van der Waals surface area contributed by atoms with Crippen molar-refractivity contribution in [2.45, 2.75) is 94.9 Å². The van der Waals surface area contributed by atoms with E-state index in [2.05, 4.69) is 57.1 Å². The molecule has 0 aromatic heterocycles. The summed E-state index contributed by atoms with van der Waals surface area (Å²) >= 11 is 0. The van der Waals surface area contributed by atoms with Crippen molar-refractivity contribution in [1.29, 1.82) is 0 Å². The first-order valence-electron chi connectivity index (χ1n) is 15.7. The molecule has 0 atom stereocenters. The molecule has 0 aliphatic rings. The number of aryl methyl sites for hydroxylation is 3. The zero-order valence-corrected chi connectivity index (χ0v) is 29.0. The van der Waals surface area contributed by atoms with Gasteiger partial charge in [0.15, 0.2) is 0 Å². The summed E-state index contributed by atoms with van der Waals surface area (Å²) in [5, 5.41) is 10.2. The Bertz CT molecular complexity index is 1410. The molecule has 3 N–H and O–H groups in total. The summed E-state index contributed by atoms with van der Waals surface area (Å²) < 4.78 is 0. The Labute approximate surface area is 266 Å². The predicted molar refractivity (Wildman–Crippen MR) is 189 cm³/mol. The lowest BCUT2D eigenvalue weighted by Gasteiger charge is -2.19. The Morgan fingerprint density at radius 1 is 0.841 bits per heavy atom. The van der Waals surface area contributed by atoms with Crippen LogP contribution in [0.4, 0.5) is 16.2 Å². The zero-order valence-electron chi connectivity index (χ0n) is 29.0. The number of carbonyl (C=O) groups is 3. The largest absolute Gasteiger partial charge is 0.355 e. The van der Waals surface area contributed by atoms with Gasteiger partial charge in [-0.05, 0) is 79.0 Å². The maximum Gasteiger partial charge on any atom is 0.323 e. The minimum atomic E-state index is -0.384. The summed E-state index contributed by atoms with van der Waals surface area (Å²) in [6.45, 7) is 24.8. The second-order valence-electron chi connectivity index (χ2n) is 12.8. The van der Waals surface area contributed by atoms with E-state index in [-0.39, 0.29) is 17.4 Å². The van der Waals surface area contributed by atoms with Gasteiger partial charge in [-0.15, -0.1) is 0 Å². The van der Waals surface area contributed by atoms with Crippen LogP contribution < -0.4 is 16.0 Å². The molecule has 6 heteroatoms. The molecule has 240 valence electrons. The number of allylic oxidation sites excluding steroid dienone is 1. The Morgan fingerprint density at radius 3 is 1.89 bits per heavy atom. The number of hydrogen-bond acceptors (Lipinski definition) is 3. The van der Waals surface area contributed by atoms with Crippen LogP contribution in [0.25, 0.3) is 10.8 Å². The van der Waals surface area contributed by atoms with Gasteiger partial charge in [-0.25, -0.2) is 4.79 Å². The van der Waals surface area contributed by atoms with Crippen molar-refractivity contribution >= 4 is 39.9 Å². The van der Waals surface area contributed by atoms with Crippen molar-refractivity contribution in [3.8, 4) is 0 Å². The molecule has 0 spiro atoms. The van der Waals surface area contributed by atoms with Crippen LogP contribution in [0.2, 0.25) is 0 Å². The number of amides is 3. The minimum absolute atomic E-state index is 0.251. The van der Waals surface area contributed by atoms with Crippen LogP contribution in [-0.2, 0) is 4.79 Å². The summed E-state index contributed by atoms with van der Waals surface area (Å²) in [5.41, 5.74) is 6.29. The molecule has 0 fully saturated rings. The van der Waals surface area contributed by atoms with Crippen LogP contribution in [0.1, 0.15) is 101 Å². The van der Waals surface area contributed by atoms with Crippen LogP contribution in [0.5, 0.6) is 0 Å². The second-order valence-corrected chi connectivity index (χ2v) is 12.8. The van der Waals surface area contributed by atoms with E-state index in [0.29, 0.717) is 35.8 Å². The number of Topliss-reactive ketones (excluding diaryl/α,β-unsaturated/α-hetero) is 1. The van der Waals surface area contributed by atoms with E-state index >= 15 is 0 Å². The molecule has 3 aromatic carbocycles. The highest BCUT2D eigenvalue weighted by Crippen LogP contribution is 2.27. The van der Waals surface area contributed by atoms with Gasteiger partial charge in [-0.2, -0.15) is 0 Å². The number of anilines is 2. The maximum absolute atomic E-state index is 12.6. The third-order valence-corrected chi connectivity index (χ3v) is 6.69. The highest BCUT2D eigenvalue weighted by atomic mass is 16.2. The number of nitrogens with one attached hydrogen (secondary N) is 3. The Balaban J connectivity index is 0.000000487. The predicted octanol–water partition coefficient (Wildman–Crippen LogP) is 10.2. The third kappa shape index (κ3) is 13.2. The number of hydrogen-bond donors (Lipinski definition) is 3. The van der Waals surface area contributed by atoms with E-state index in [4.69, 9.17) is 0 Å². The quantitative estimate of drug-likeness (QED) is 0.213. The molecule has 0 aliphatic heterocycles. The van der Waals surface area contributed by atoms with Gasteiger partial charge in [-0.1, -0.05) is 103 Å². The van der Waals surface area contributed by atoms with Gasteiger partial charge in [0, 0.05) is 25.6 Å². The van der Waals surface area contributed by atoms with Crippen molar-refractivity contribution in [3.63, 3.8) is 0 Å². The van der Waals surface area contributed by atoms with E-state index in [9.17, 15) is 14.4 Å². The van der Waals surface area contributed by atoms with Gasteiger partial charge in [0.1, 0.15) is 5.78 Å². The van der Waals surface area contributed by atoms with E-state index < -0.39 is 0 Å². The molecule has 0 saturated heterocycles. The van der Waals surface area contributed by atoms with Crippen molar-refractivity contribution in [2.75, 3.05) is 17.7 Å². The normalized spacial score (nSPS) is 10.6. The molecule has 6 nitrogen and oxygen atoms in total. The number of fused-ring (bicyclic) bond motifs is 1. The van der Waals surface area contributed by atoms with Crippen LogP contribution in [0.15, 0.2) is 60.7 Å². The average molecular weight is 602 g/mol. The molecule has 0 bridgehead atoms. The lowest BCUT2D eigenvalue weighted by atomic mass is 9.86. The number of benzene rings is 3. The summed E-state index contributed by atoms with van der Waals surface area (Å²) in [5.74, 6) is 0.604. The number of ketones is 1. The van der Waals surface area contributed by atoms with E-state index in [0.717, 1.165) is 46.0 Å². The highest BCUT2D eigenvalue weighted by Gasteiger charge is 2.16. The molecule has 0 saturated carbocycles. The first kappa shape index (κ1) is 38.1. The SMILES string of the molecule is C=C(CCC(=O)CC(C)C)CC(C)(C)C.CC.CNC(=O)c1cc2ccccc2cc1NC(=O)Nc1c(C)cc(C)cc1C. The fourth-order valence-electron chi connectivity index (χ4n) is 5.02. The zero-order chi connectivity index (χ0) is 33.6. The Kier molecular flexibility index (Phi) is 15.6. The van der Waals surface area contributed by atoms with Crippen LogP contribution in [0, 0.1) is 32.1 Å². The van der Waals surface area contributed by atoms with Crippen LogP contribution >= 0.6 is 0 Å². The lowest BCUT2D eigenvalue weighted by molar-refractivity contribution is -0.119. The molecule has 0 radical (unpaired) electrons. The maximum atomic E-state index is 12.6. The van der Waals surface area contributed by atoms with Crippen LogP contribution in [-0.4, -0.2) is 24.8 Å².